The Morgan fingerprint density at radius 3 is 2.28 bits per heavy atom. The molecule has 172 valence electrons. The Morgan fingerprint density at radius 2 is 1.75 bits per heavy atom. The highest BCUT2D eigenvalue weighted by atomic mass is 19.4. The van der Waals surface area contributed by atoms with E-state index in [4.69, 9.17) is 4.42 Å². The average Bonchev–Trinajstić information content (AvgIpc) is 3.45. The standard InChI is InChI=1S/C20H22F3N5O4/c1-12(20(21,22)23)32-19(30)27-6-4-15(5-7-27)28(14-2-3-14)18(29)13-8-25-17(26-9-13)16-10-24-11-31-16/h8-12,14-15H,2-7H2,1H3/t12-/m0/s1. The van der Waals surface area contributed by atoms with Crippen molar-refractivity contribution in [3.8, 4) is 11.6 Å². The van der Waals surface area contributed by atoms with E-state index in [1.165, 1.54) is 29.9 Å². The first-order valence-corrected chi connectivity index (χ1v) is 10.3. The molecule has 1 saturated heterocycles. The molecule has 1 aliphatic heterocycles. The number of amides is 2. The van der Waals surface area contributed by atoms with E-state index in [-0.39, 0.29) is 31.1 Å². The molecule has 0 bridgehead atoms. The van der Waals surface area contributed by atoms with Gasteiger partial charge in [-0.05, 0) is 32.6 Å². The number of nitrogens with zero attached hydrogens (tertiary/aromatic N) is 5. The Balaban J connectivity index is 1.38. The number of hydrogen-bond donors (Lipinski definition) is 0. The van der Waals surface area contributed by atoms with Crippen molar-refractivity contribution in [1.82, 2.24) is 24.8 Å². The average molecular weight is 453 g/mol. The minimum absolute atomic E-state index is 0.102. The lowest BCUT2D eigenvalue weighted by atomic mass is 10.0. The van der Waals surface area contributed by atoms with Crippen molar-refractivity contribution in [2.24, 2.45) is 0 Å². The van der Waals surface area contributed by atoms with Crippen molar-refractivity contribution in [3.63, 3.8) is 0 Å². The number of aromatic nitrogens is 3. The normalized spacial score (nSPS) is 18.3. The number of carbonyl (C=O) groups excluding carboxylic acids is 2. The number of oxazole rings is 1. The van der Waals surface area contributed by atoms with Crippen LogP contribution < -0.4 is 0 Å². The highest BCUT2D eigenvalue weighted by Gasteiger charge is 2.42. The van der Waals surface area contributed by atoms with Crippen LogP contribution in [0.25, 0.3) is 11.6 Å². The summed E-state index contributed by atoms with van der Waals surface area (Å²) in [5.74, 6) is 0.502. The Morgan fingerprint density at radius 1 is 1.12 bits per heavy atom. The summed E-state index contributed by atoms with van der Waals surface area (Å²) in [6.45, 7) is 1.23. The van der Waals surface area contributed by atoms with Gasteiger partial charge in [-0.2, -0.15) is 13.2 Å². The molecule has 2 amide bonds. The van der Waals surface area contributed by atoms with Crippen molar-refractivity contribution in [3.05, 3.63) is 30.5 Å². The number of carbonyl (C=O) groups is 2. The second kappa shape index (κ2) is 8.75. The van der Waals surface area contributed by atoms with E-state index in [9.17, 15) is 22.8 Å². The molecule has 4 rings (SSSR count). The van der Waals surface area contributed by atoms with E-state index in [1.54, 1.807) is 4.90 Å². The van der Waals surface area contributed by atoms with E-state index < -0.39 is 18.4 Å². The van der Waals surface area contributed by atoms with Gasteiger partial charge in [-0.15, -0.1) is 0 Å². The summed E-state index contributed by atoms with van der Waals surface area (Å²) >= 11 is 0. The van der Waals surface area contributed by atoms with Crippen molar-refractivity contribution in [2.45, 2.75) is 57.0 Å². The second-order valence-electron chi connectivity index (χ2n) is 7.89. The Kier molecular flexibility index (Phi) is 6.02. The first kappa shape index (κ1) is 22.0. The Labute approximate surface area is 181 Å². The van der Waals surface area contributed by atoms with Crippen molar-refractivity contribution < 1.29 is 31.9 Å². The smallest absolute Gasteiger partial charge is 0.425 e. The lowest BCUT2D eigenvalue weighted by Crippen LogP contribution is -2.50. The second-order valence-corrected chi connectivity index (χ2v) is 7.89. The molecule has 9 nitrogen and oxygen atoms in total. The van der Waals surface area contributed by atoms with Crippen LogP contribution in [0.1, 0.15) is 43.0 Å². The van der Waals surface area contributed by atoms with Crippen molar-refractivity contribution in [2.75, 3.05) is 13.1 Å². The summed E-state index contributed by atoms with van der Waals surface area (Å²) in [4.78, 5) is 40.5. The summed E-state index contributed by atoms with van der Waals surface area (Å²) in [5, 5.41) is 0. The fraction of sp³-hybridized carbons (Fsp3) is 0.550. The van der Waals surface area contributed by atoms with Gasteiger partial charge in [0.25, 0.3) is 5.91 Å². The van der Waals surface area contributed by atoms with Gasteiger partial charge in [-0.1, -0.05) is 0 Å². The van der Waals surface area contributed by atoms with Crippen molar-refractivity contribution >= 4 is 12.0 Å². The minimum Gasteiger partial charge on any atom is -0.440 e. The Bertz CT molecular complexity index is 939. The van der Waals surface area contributed by atoms with E-state index in [2.05, 4.69) is 19.7 Å². The summed E-state index contributed by atoms with van der Waals surface area (Å²) in [7, 11) is 0. The van der Waals surface area contributed by atoms with Gasteiger partial charge < -0.3 is 19.0 Å². The maximum absolute atomic E-state index is 13.2. The van der Waals surface area contributed by atoms with Crippen LogP contribution in [0.2, 0.25) is 0 Å². The third kappa shape index (κ3) is 4.83. The van der Waals surface area contributed by atoms with Gasteiger partial charge in [-0.3, -0.25) is 4.79 Å². The van der Waals surface area contributed by atoms with Crippen LogP contribution in [0, 0.1) is 0 Å². The van der Waals surface area contributed by atoms with Crippen LogP contribution in [-0.2, 0) is 4.74 Å². The molecule has 2 aromatic heterocycles. The fourth-order valence-electron chi connectivity index (χ4n) is 3.64. The fourth-order valence-corrected chi connectivity index (χ4v) is 3.64. The maximum atomic E-state index is 13.2. The molecule has 1 aliphatic carbocycles. The first-order chi connectivity index (χ1) is 15.2. The molecule has 2 aliphatic rings. The molecule has 0 radical (unpaired) electrons. The third-order valence-electron chi connectivity index (χ3n) is 5.58. The molecule has 1 atom stereocenters. The molecule has 0 N–H and O–H groups in total. The highest BCUT2D eigenvalue weighted by Crippen LogP contribution is 2.33. The monoisotopic (exact) mass is 453 g/mol. The van der Waals surface area contributed by atoms with Crippen LogP contribution in [0.3, 0.4) is 0 Å². The molecule has 2 aromatic rings. The summed E-state index contributed by atoms with van der Waals surface area (Å²) in [5.41, 5.74) is 0.334. The number of halogens is 3. The van der Waals surface area contributed by atoms with Crippen molar-refractivity contribution in [1.29, 1.82) is 0 Å². The number of piperidine rings is 1. The van der Waals surface area contributed by atoms with Gasteiger partial charge in [-0.25, -0.2) is 19.7 Å². The molecule has 2 fully saturated rings. The third-order valence-corrected chi connectivity index (χ3v) is 5.58. The molecule has 3 heterocycles. The predicted octanol–water partition coefficient (Wildman–Crippen LogP) is 3.29. The lowest BCUT2D eigenvalue weighted by molar-refractivity contribution is -0.199. The molecule has 0 unspecified atom stereocenters. The zero-order valence-electron chi connectivity index (χ0n) is 17.3. The molecular formula is C20H22F3N5O4. The van der Waals surface area contributed by atoms with Gasteiger partial charge in [0.05, 0.1) is 11.8 Å². The van der Waals surface area contributed by atoms with Gasteiger partial charge in [0.1, 0.15) is 0 Å². The van der Waals surface area contributed by atoms with E-state index in [0.29, 0.717) is 30.0 Å². The molecule has 0 aromatic carbocycles. The number of ether oxygens (including phenoxy) is 1. The van der Waals surface area contributed by atoms with E-state index in [1.807, 2.05) is 0 Å². The van der Waals surface area contributed by atoms with Crippen LogP contribution >= 0.6 is 0 Å². The molecular weight excluding hydrogens is 431 g/mol. The largest absolute Gasteiger partial charge is 0.440 e. The van der Waals surface area contributed by atoms with Crippen LogP contribution in [-0.4, -0.2) is 74.2 Å². The number of alkyl halides is 3. The molecule has 12 heteroatoms. The Hall–Kier alpha value is -3.18. The summed E-state index contributed by atoms with van der Waals surface area (Å²) in [6, 6.07) is -0.0294. The van der Waals surface area contributed by atoms with Crippen LogP contribution in [0.5, 0.6) is 0 Å². The summed E-state index contributed by atoms with van der Waals surface area (Å²) < 4.78 is 47.6. The molecule has 32 heavy (non-hydrogen) atoms. The highest BCUT2D eigenvalue weighted by molar-refractivity contribution is 5.94. The number of hydrogen-bond acceptors (Lipinski definition) is 7. The zero-order valence-corrected chi connectivity index (χ0v) is 17.3. The quantitative estimate of drug-likeness (QED) is 0.685. The molecule has 1 saturated carbocycles. The van der Waals surface area contributed by atoms with E-state index >= 15 is 0 Å². The lowest BCUT2D eigenvalue weighted by Gasteiger charge is -2.38. The van der Waals surface area contributed by atoms with Gasteiger partial charge in [0.2, 0.25) is 0 Å². The SMILES string of the molecule is C[C@H](OC(=O)N1CCC(N(C(=O)c2cnc(-c3cnco3)nc2)C2CC2)CC1)C(F)(F)F. The van der Waals surface area contributed by atoms with E-state index in [0.717, 1.165) is 19.8 Å². The summed E-state index contributed by atoms with van der Waals surface area (Å²) in [6.07, 6.45) is 0.521. The van der Waals surface area contributed by atoms with Gasteiger partial charge >= 0.3 is 12.3 Å². The van der Waals surface area contributed by atoms with Crippen LogP contribution in [0.4, 0.5) is 18.0 Å². The number of likely N-dealkylation sites (tertiary alicyclic amines) is 1. The number of rotatable bonds is 5. The van der Waals surface area contributed by atoms with Crippen LogP contribution in [0.15, 0.2) is 29.4 Å². The zero-order chi connectivity index (χ0) is 22.9. The molecule has 0 spiro atoms. The van der Waals surface area contributed by atoms with Gasteiger partial charge in [0, 0.05) is 37.6 Å². The topological polar surface area (TPSA) is 102 Å². The van der Waals surface area contributed by atoms with Gasteiger partial charge in [0.15, 0.2) is 24.1 Å². The first-order valence-electron chi connectivity index (χ1n) is 10.3. The maximum Gasteiger partial charge on any atom is 0.425 e. The predicted molar refractivity (Wildman–Crippen MR) is 103 cm³/mol. The minimum atomic E-state index is -4.60.